The first-order valence-corrected chi connectivity index (χ1v) is 9.12. The Bertz CT molecular complexity index is 519. The largest absolute Gasteiger partial charge is 0.387 e. The van der Waals surface area contributed by atoms with Gasteiger partial charge in [-0.2, -0.15) is 0 Å². The molecule has 21 heavy (non-hydrogen) atoms. The van der Waals surface area contributed by atoms with Crippen molar-refractivity contribution in [2.24, 2.45) is 10.8 Å². The summed E-state index contributed by atoms with van der Waals surface area (Å²) in [5.74, 6) is 0. The van der Waals surface area contributed by atoms with E-state index >= 15 is 0 Å². The second kappa shape index (κ2) is 5.24. The van der Waals surface area contributed by atoms with E-state index in [1.165, 1.54) is 19.3 Å². The van der Waals surface area contributed by atoms with Gasteiger partial charge in [0.05, 0.1) is 16.7 Å². The van der Waals surface area contributed by atoms with Crippen LogP contribution >= 0.6 is 11.3 Å². The van der Waals surface area contributed by atoms with Gasteiger partial charge in [0.25, 0.3) is 0 Å². The van der Waals surface area contributed by atoms with Crippen LogP contribution in [0, 0.1) is 10.8 Å². The highest BCUT2D eigenvalue weighted by Crippen LogP contribution is 2.46. The minimum Gasteiger partial charge on any atom is -0.387 e. The Morgan fingerprint density at radius 1 is 1.33 bits per heavy atom. The molecule has 1 atom stereocenters. The van der Waals surface area contributed by atoms with E-state index in [2.05, 4.69) is 32.6 Å². The molecule has 2 heterocycles. The molecule has 0 radical (unpaired) electrons. The molecule has 1 saturated heterocycles. The van der Waals surface area contributed by atoms with E-state index in [-0.39, 0.29) is 11.5 Å². The first kappa shape index (κ1) is 15.3. The van der Waals surface area contributed by atoms with Gasteiger partial charge in [-0.15, -0.1) is 0 Å². The van der Waals surface area contributed by atoms with E-state index in [0.29, 0.717) is 5.41 Å². The Labute approximate surface area is 132 Å². The molecule has 0 spiro atoms. The lowest BCUT2D eigenvalue weighted by Crippen LogP contribution is -2.26. The smallest absolute Gasteiger partial charge is 0.185 e. The van der Waals surface area contributed by atoms with Crippen molar-refractivity contribution in [2.45, 2.75) is 65.9 Å². The van der Waals surface area contributed by atoms with Gasteiger partial charge in [-0.1, -0.05) is 39.0 Å². The van der Waals surface area contributed by atoms with Gasteiger partial charge < -0.3 is 10.0 Å². The van der Waals surface area contributed by atoms with Crippen molar-refractivity contribution in [3.05, 3.63) is 10.6 Å². The van der Waals surface area contributed by atoms with E-state index in [9.17, 15) is 5.11 Å². The highest BCUT2D eigenvalue weighted by Gasteiger charge is 2.38. The average molecular weight is 308 g/mol. The van der Waals surface area contributed by atoms with Gasteiger partial charge in [0.2, 0.25) is 0 Å². The maximum absolute atomic E-state index is 10.4. The van der Waals surface area contributed by atoms with Crippen molar-refractivity contribution < 1.29 is 5.11 Å². The second-order valence-electron chi connectivity index (χ2n) is 7.75. The fourth-order valence-electron chi connectivity index (χ4n) is 3.94. The molecule has 2 aliphatic rings. The number of hydrogen-bond donors (Lipinski definition) is 1. The SMILES string of the molecule is CCC1(CC)CCN(c2nc3c(s2)C(O)CC(C)(C)C3)C1. The average Bonchev–Trinajstić information content (AvgIpc) is 3.01. The predicted molar refractivity (Wildman–Crippen MR) is 89.0 cm³/mol. The molecule has 0 amide bonds. The topological polar surface area (TPSA) is 36.4 Å². The third kappa shape index (κ3) is 2.72. The van der Waals surface area contributed by atoms with Gasteiger partial charge in [0.15, 0.2) is 5.13 Å². The van der Waals surface area contributed by atoms with E-state index in [1.807, 2.05) is 0 Å². The van der Waals surface area contributed by atoms with Crippen LogP contribution in [0.4, 0.5) is 5.13 Å². The quantitative estimate of drug-likeness (QED) is 0.910. The zero-order chi connectivity index (χ0) is 15.3. The molecular weight excluding hydrogens is 280 g/mol. The fourth-order valence-corrected chi connectivity index (χ4v) is 5.03. The lowest BCUT2D eigenvalue weighted by atomic mass is 9.77. The molecule has 1 unspecified atom stereocenters. The first-order valence-electron chi connectivity index (χ1n) is 8.31. The van der Waals surface area contributed by atoms with Crippen molar-refractivity contribution in [3.63, 3.8) is 0 Å². The highest BCUT2D eigenvalue weighted by molar-refractivity contribution is 7.15. The number of hydrogen-bond acceptors (Lipinski definition) is 4. The Kier molecular flexibility index (Phi) is 3.81. The maximum atomic E-state index is 10.4. The summed E-state index contributed by atoms with van der Waals surface area (Å²) in [6.45, 7) is 11.3. The standard InChI is InChI=1S/C17H28N2OS/c1-5-17(6-2)7-8-19(11-17)15-18-12-9-16(3,4)10-13(20)14(12)21-15/h13,20H,5-11H2,1-4H3. The molecule has 1 fully saturated rings. The van der Waals surface area contributed by atoms with Crippen molar-refractivity contribution in [3.8, 4) is 0 Å². The monoisotopic (exact) mass is 308 g/mol. The Morgan fingerprint density at radius 2 is 2.05 bits per heavy atom. The van der Waals surface area contributed by atoms with Crippen molar-refractivity contribution >= 4 is 16.5 Å². The van der Waals surface area contributed by atoms with Crippen molar-refractivity contribution in [1.82, 2.24) is 4.98 Å². The molecule has 1 aromatic heterocycles. The third-order valence-corrected chi connectivity index (χ3v) is 6.88. The molecular formula is C17H28N2OS. The van der Waals surface area contributed by atoms with Crippen LogP contribution < -0.4 is 4.90 Å². The van der Waals surface area contributed by atoms with Gasteiger partial charge in [-0.05, 0) is 42.9 Å². The highest BCUT2D eigenvalue weighted by atomic mass is 32.1. The lowest BCUT2D eigenvalue weighted by Gasteiger charge is -2.31. The summed E-state index contributed by atoms with van der Waals surface area (Å²) in [5, 5.41) is 11.5. The van der Waals surface area contributed by atoms with Gasteiger partial charge in [0.1, 0.15) is 0 Å². The van der Waals surface area contributed by atoms with Crippen LogP contribution in [0.25, 0.3) is 0 Å². The van der Waals surface area contributed by atoms with Crippen LogP contribution in [-0.2, 0) is 6.42 Å². The summed E-state index contributed by atoms with van der Waals surface area (Å²) in [6.07, 6.45) is 5.31. The number of anilines is 1. The Hall–Kier alpha value is -0.610. The molecule has 0 bridgehead atoms. The molecule has 3 rings (SSSR count). The molecule has 1 aliphatic heterocycles. The number of rotatable bonds is 3. The van der Waals surface area contributed by atoms with E-state index in [0.717, 1.165) is 41.6 Å². The molecule has 1 aromatic rings. The van der Waals surface area contributed by atoms with Gasteiger partial charge in [0, 0.05) is 13.1 Å². The molecule has 118 valence electrons. The maximum Gasteiger partial charge on any atom is 0.185 e. The van der Waals surface area contributed by atoms with Crippen molar-refractivity contribution in [1.29, 1.82) is 0 Å². The van der Waals surface area contributed by atoms with Crippen LogP contribution in [0.1, 0.15) is 70.1 Å². The summed E-state index contributed by atoms with van der Waals surface area (Å²) in [7, 11) is 0. The Morgan fingerprint density at radius 3 is 2.67 bits per heavy atom. The minimum absolute atomic E-state index is 0.166. The molecule has 1 aliphatic carbocycles. The molecule has 1 N–H and O–H groups in total. The van der Waals surface area contributed by atoms with Crippen molar-refractivity contribution in [2.75, 3.05) is 18.0 Å². The fraction of sp³-hybridized carbons (Fsp3) is 0.824. The van der Waals surface area contributed by atoms with Crippen LogP contribution in [0.5, 0.6) is 0 Å². The van der Waals surface area contributed by atoms with Crippen LogP contribution in [0.15, 0.2) is 0 Å². The number of fused-ring (bicyclic) bond motifs is 1. The molecule has 0 aromatic carbocycles. The third-order valence-electron chi connectivity index (χ3n) is 5.62. The predicted octanol–water partition coefficient (Wildman–Crippen LogP) is 4.17. The molecule has 0 saturated carbocycles. The lowest BCUT2D eigenvalue weighted by molar-refractivity contribution is 0.102. The summed E-state index contributed by atoms with van der Waals surface area (Å²) in [5.41, 5.74) is 1.79. The number of thiazole rings is 1. The van der Waals surface area contributed by atoms with Crippen LogP contribution in [-0.4, -0.2) is 23.2 Å². The summed E-state index contributed by atoms with van der Waals surface area (Å²) in [4.78, 5) is 8.47. The van der Waals surface area contributed by atoms with E-state index in [1.54, 1.807) is 11.3 Å². The number of nitrogens with zero attached hydrogens (tertiary/aromatic N) is 2. The number of aliphatic hydroxyl groups excluding tert-OH is 1. The first-order chi connectivity index (χ1) is 9.88. The second-order valence-corrected chi connectivity index (χ2v) is 8.76. The minimum atomic E-state index is -0.320. The molecule has 3 nitrogen and oxygen atoms in total. The van der Waals surface area contributed by atoms with E-state index < -0.39 is 0 Å². The summed E-state index contributed by atoms with van der Waals surface area (Å²) >= 11 is 1.73. The van der Waals surface area contributed by atoms with Crippen LogP contribution in [0.2, 0.25) is 0 Å². The zero-order valence-corrected chi connectivity index (χ0v) is 14.6. The zero-order valence-electron chi connectivity index (χ0n) is 13.8. The Balaban J connectivity index is 1.83. The van der Waals surface area contributed by atoms with Crippen LogP contribution in [0.3, 0.4) is 0 Å². The van der Waals surface area contributed by atoms with Gasteiger partial charge in [-0.25, -0.2) is 4.98 Å². The van der Waals surface area contributed by atoms with Gasteiger partial charge >= 0.3 is 0 Å². The number of aromatic nitrogens is 1. The number of aliphatic hydroxyl groups is 1. The molecule has 4 heteroatoms. The van der Waals surface area contributed by atoms with E-state index in [4.69, 9.17) is 4.98 Å². The summed E-state index contributed by atoms with van der Waals surface area (Å²) in [6, 6.07) is 0. The normalized spacial score (nSPS) is 26.9. The van der Waals surface area contributed by atoms with Gasteiger partial charge in [-0.3, -0.25) is 0 Å². The summed E-state index contributed by atoms with van der Waals surface area (Å²) < 4.78 is 0.